The lowest BCUT2D eigenvalue weighted by molar-refractivity contribution is 0.742. The van der Waals surface area contributed by atoms with E-state index in [4.69, 9.17) is 0 Å². The molecule has 4 nitrogen and oxygen atoms in total. The number of thiophene rings is 1. The number of benzene rings is 1. The highest BCUT2D eigenvalue weighted by atomic mass is 32.1. The Morgan fingerprint density at radius 1 is 1.00 bits per heavy atom. The third kappa shape index (κ3) is 3.51. The Kier molecular flexibility index (Phi) is 4.39. The fourth-order valence-corrected chi connectivity index (χ4v) is 3.57. The fourth-order valence-electron chi connectivity index (χ4n) is 2.84. The second-order valence-electron chi connectivity index (χ2n) is 6.00. The second-order valence-corrected chi connectivity index (χ2v) is 6.90. The standard InChI is InChI=1S/C20H18N4S/c1-14-5-7-15(8-6-14)12-18(17-4-2-3-10-21-17)24-19-16-9-11-25-20(16)23-13-22-19/h2-11,13,18H,12H2,1H3,(H,22,23,24). The van der Waals surface area contributed by atoms with Crippen molar-refractivity contribution in [3.05, 3.63) is 83.3 Å². The van der Waals surface area contributed by atoms with E-state index in [1.54, 1.807) is 17.7 Å². The number of anilines is 1. The molecule has 0 aliphatic heterocycles. The van der Waals surface area contributed by atoms with Gasteiger partial charge in [-0.15, -0.1) is 11.3 Å². The van der Waals surface area contributed by atoms with Crippen LogP contribution in [0.15, 0.2) is 66.4 Å². The summed E-state index contributed by atoms with van der Waals surface area (Å²) in [7, 11) is 0. The van der Waals surface area contributed by atoms with Crippen LogP contribution in [-0.2, 0) is 6.42 Å². The van der Waals surface area contributed by atoms with Gasteiger partial charge in [0.25, 0.3) is 0 Å². The quantitative estimate of drug-likeness (QED) is 0.564. The number of nitrogens with one attached hydrogen (secondary N) is 1. The first-order valence-corrected chi connectivity index (χ1v) is 9.09. The van der Waals surface area contributed by atoms with Crippen LogP contribution >= 0.6 is 11.3 Å². The SMILES string of the molecule is Cc1ccc(CC(Nc2ncnc3sccc23)c2ccccn2)cc1. The summed E-state index contributed by atoms with van der Waals surface area (Å²) < 4.78 is 0. The summed E-state index contributed by atoms with van der Waals surface area (Å²) in [5.74, 6) is 0.856. The van der Waals surface area contributed by atoms with Crippen LogP contribution in [0.4, 0.5) is 5.82 Å². The number of nitrogens with zero attached hydrogens (tertiary/aromatic N) is 3. The minimum atomic E-state index is 0.0434. The van der Waals surface area contributed by atoms with Crippen molar-refractivity contribution >= 4 is 27.4 Å². The maximum absolute atomic E-state index is 4.55. The van der Waals surface area contributed by atoms with E-state index in [0.717, 1.165) is 28.1 Å². The minimum absolute atomic E-state index is 0.0434. The molecule has 0 radical (unpaired) electrons. The summed E-state index contributed by atoms with van der Waals surface area (Å²) in [5.41, 5.74) is 3.54. The molecular formula is C20H18N4S. The van der Waals surface area contributed by atoms with Crippen molar-refractivity contribution in [2.24, 2.45) is 0 Å². The third-order valence-corrected chi connectivity index (χ3v) is 5.00. The Labute approximate surface area is 150 Å². The molecule has 3 aromatic heterocycles. The van der Waals surface area contributed by atoms with E-state index in [-0.39, 0.29) is 6.04 Å². The molecule has 5 heteroatoms. The van der Waals surface area contributed by atoms with Crippen LogP contribution in [0.3, 0.4) is 0 Å². The number of hydrogen-bond donors (Lipinski definition) is 1. The number of pyridine rings is 1. The molecular weight excluding hydrogens is 328 g/mol. The maximum Gasteiger partial charge on any atom is 0.138 e. The van der Waals surface area contributed by atoms with Crippen LogP contribution in [0, 0.1) is 6.92 Å². The lowest BCUT2D eigenvalue weighted by Crippen LogP contribution is -2.16. The molecule has 0 amide bonds. The van der Waals surface area contributed by atoms with Crippen LogP contribution in [0.1, 0.15) is 22.9 Å². The summed E-state index contributed by atoms with van der Waals surface area (Å²) in [6.07, 6.45) is 4.29. The molecule has 0 fully saturated rings. The third-order valence-electron chi connectivity index (χ3n) is 4.18. The van der Waals surface area contributed by atoms with Crippen molar-refractivity contribution in [3.8, 4) is 0 Å². The Bertz CT molecular complexity index is 964. The van der Waals surface area contributed by atoms with Crippen molar-refractivity contribution in [2.75, 3.05) is 5.32 Å². The maximum atomic E-state index is 4.55. The fraction of sp³-hybridized carbons (Fsp3) is 0.150. The number of hydrogen-bond acceptors (Lipinski definition) is 5. The molecule has 4 rings (SSSR count). The van der Waals surface area contributed by atoms with Crippen LogP contribution in [-0.4, -0.2) is 15.0 Å². The number of fused-ring (bicyclic) bond motifs is 1. The summed E-state index contributed by atoms with van der Waals surface area (Å²) in [4.78, 5) is 14.3. The van der Waals surface area contributed by atoms with Gasteiger partial charge in [0.15, 0.2) is 0 Å². The van der Waals surface area contributed by atoms with Gasteiger partial charge >= 0.3 is 0 Å². The Morgan fingerprint density at radius 2 is 1.88 bits per heavy atom. The molecule has 25 heavy (non-hydrogen) atoms. The van der Waals surface area contributed by atoms with E-state index < -0.39 is 0 Å². The molecule has 0 aliphatic carbocycles. The second kappa shape index (κ2) is 6.99. The molecule has 3 heterocycles. The average Bonchev–Trinajstić information content (AvgIpc) is 3.13. The highest BCUT2D eigenvalue weighted by molar-refractivity contribution is 7.16. The van der Waals surface area contributed by atoms with Gasteiger partial charge in [-0.2, -0.15) is 0 Å². The Hall–Kier alpha value is -2.79. The molecule has 0 saturated heterocycles. The van der Waals surface area contributed by atoms with E-state index in [1.807, 2.05) is 23.7 Å². The minimum Gasteiger partial charge on any atom is -0.361 e. The van der Waals surface area contributed by atoms with Gasteiger partial charge in [-0.25, -0.2) is 9.97 Å². The summed E-state index contributed by atoms with van der Waals surface area (Å²) in [6, 6.07) is 16.8. The van der Waals surface area contributed by atoms with Crippen LogP contribution in [0.25, 0.3) is 10.2 Å². The molecule has 0 saturated carbocycles. The molecule has 0 bridgehead atoms. The molecule has 1 N–H and O–H groups in total. The van der Waals surface area contributed by atoms with Crippen LogP contribution in [0.5, 0.6) is 0 Å². The first kappa shape index (κ1) is 15.7. The topological polar surface area (TPSA) is 50.7 Å². The zero-order chi connectivity index (χ0) is 17.1. The normalized spacial score (nSPS) is 12.2. The van der Waals surface area contributed by atoms with E-state index in [0.29, 0.717) is 0 Å². The molecule has 1 aromatic carbocycles. The summed E-state index contributed by atoms with van der Waals surface area (Å²) in [5, 5.41) is 6.68. The zero-order valence-electron chi connectivity index (χ0n) is 13.9. The highest BCUT2D eigenvalue weighted by Gasteiger charge is 2.16. The molecule has 124 valence electrons. The van der Waals surface area contributed by atoms with Crippen molar-refractivity contribution in [3.63, 3.8) is 0 Å². The zero-order valence-corrected chi connectivity index (χ0v) is 14.7. The van der Waals surface area contributed by atoms with Crippen LogP contribution < -0.4 is 5.32 Å². The lowest BCUT2D eigenvalue weighted by Gasteiger charge is -2.19. The van der Waals surface area contributed by atoms with Gasteiger partial charge in [0.05, 0.1) is 17.1 Å². The molecule has 4 aromatic rings. The Morgan fingerprint density at radius 3 is 2.68 bits per heavy atom. The van der Waals surface area contributed by atoms with Gasteiger partial charge in [-0.3, -0.25) is 4.98 Å². The average molecular weight is 346 g/mol. The van der Waals surface area contributed by atoms with Gasteiger partial charge in [-0.1, -0.05) is 35.9 Å². The number of aromatic nitrogens is 3. The first-order chi connectivity index (χ1) is 12.3. The van der Waals surface area contributed by atoms with Crippen LogP contribution in [0.2, 0.25) is 0 Å². The van der Waals surface area contributed by atoms with E-state index >= 15 is 0 Å². The van der Waals surface area contributed by atoms with Crippen molar-refractivity contribution in [2.45, 2.75) is 19.4 Å². The van der Waals surface area contributed by atoms with E-state index in [2.05, 4.69) is 63.6 Å². The van der Waals surface area contributed by atoms with Gasteiger partial charge in [-0.05, 0) is 42.5 Å². The van der Waals surface area contributed by atoms with Crippen molar-refractivity contribution in [1.29, 1.82) is 0 Å². The predicted octanol–water partition coefficient (Wildman–Crippen LogP) is 4.79. The Balaban J connectivity index is 1.68. The van der Waals surface area contributed by atoms with E-state index in [9.17, 15) is 0 Å². The molecule has 1 atom stereocenters. The van der Waals surface area contributed by atoms with Crippen molar-refractivity contribution in [1.82, 2.24) is 15.0 Å². The lowest BCUT2D eigenvalue weighted by atomic mass is 10.0. The number of aryl methyl sites for hydroxylation is 1. The van der Waals surface area contributed by atoms with Gasteiger partial charge < -0.3 is 5.32 Å². The summed E-state index contributed by atoms with van der Waals surface area (Å²) in [6.45, 7) is 2.10. The first-order valence-electron chi connectivity index (χ1n) is 8.21. The monoisotopic (exact) mass is 346 g/mol. The highest BCUT2D eigenvalue weighted by Crippen LogP contribution is 2.28. The van der Waals surface area contributed by atoms with Crippen molar-refractivity contribution < 1.29 is 0 Å². The molecule has 0 spiro atoms. The van der Waals surface area contributed by atoms with Gasteiger partial charge in [0.2, 0.25) is 0 Å². The molecule has 0 aliphatic rings. The molecule has 1 unspecified atom stereocenters. The van der Waals surface area contributed by atoms with Gasteiger partial charge in [0, 0.05) is 6.20 Å². The van der Waals surface area contributed by atoms with E-state index in [1.165, 1.54) is 11.1 Å². The predicted molar refractivity (Wildman–Crippen MR) is 103 cm³/mol. The summed E-state index contributed by atoms with van der Waals surface area (Å²) >= 11 is 1.62. The largest absolute Gasteiger partial charge is 0.361 e. The smallest absolute Gasteiger partial charge is 0.138 e. The number of rotatable bonds is 5. The van der Waals surface area contributed by atoms with Gasteiger partial charge in [0.1, 0.15) is 17.0 Å².